The first kappa shape index (κ1) is 24.6. The summed E-state index contributed by atoms with van der Waals surface area (Å²) in [4.78, 5) is 9.67. The van der Waals surface area contributed by atoms with Crippen molar-refractivity contribution in [3.05, 3.63) is 64.8 Å². The zero-order chi connectivity index (χ0) is 24.3. The van der Waals surface area contributed by atoms with Crippen LogP contribution in [0.3, 0.4) is 0 Å². The average molecular weight is 454 g/mol. The summed E-state index contributed by atoms with van der Waals surface area (Å²) in [6.45, 7) is 12.2. The van der Waals surface area contributed by atoms with Crippen LogP contribution >= 0.6 is 0 Å². The molecule has 33 heavy (non-hydrogen) atoms. The van der Waals surface area contributed by atoms with E-state index in [1.165, 1.54) is 6.92 Å². The number of alkyl halides is 1. The minimum Gasteiger partial charge on any atom is -0.480 e. The number of ether oxygens (including phenoxy) is 1. The molecule has 4 nitrogen and oxygen atoms in total. The molecule has 3 aromatic rings. The highest BCUT2D eigenvalue weighted by atomic mass is 19.1. The van der Waals surface area contributed by atoms with Gasteiger partial charge in [-0.1, -0.05) is 25.5 Å². The summed E-state index contributed by atoms with van der Waals surface area (Å²) in [5, 5.41) is 0. The fourth-order valence-electron chi connectivity index (χ4n) is 3.91. The van der Waals surface area contributed by atoms with Crippen LogP contribution in [0.1, 0.15) is 56.9 Å². The Morgan fingerprint density at radius 3 is 2.52 bits per heavy atom. The van der Waals surface area contributed by atoms with E-state index in [-0.39, 0.29) is 6.42 Å². The largest absolute Gasteiger partial charge is 0.480 e. The van der Waals surface area contributed by atoms with Crippen molar-refractivity contribution in [1.82, 2.24) is 14.5 Å². The van der Waals surface area contributed by atoms with Crippen molar-refractivity contribution >= 4 is 11.0 Å². The summed E-state index contributed by atoms with van der Waals surface area (Å²) in [7, 11) is 1.63. The molecular formula is C27H33F2N3O. The monoisotopic (exact) mass is 453 g/mol. The zero-order valence-corrected chi connectivity index (χ0v) is 20.5. The van der Waals surface area contributed by atoms with Gasteiger partial charge in [-0.3, -0.25) is 0 Å². The molecule has 0 radical (unpaired) electrons. The van der Waals surface area contributed by atoms with E-state index < -0.39 is 12.0 Å². The van der Waals surface area contributed by atoms with E-state index in [4.69, 9.17) is 9.72 Å². The van der Waals surface area contributed by atoms with Gasteiger partial charge < -0.3 is 9.30 Å². The molecule has 0 aliphatic carbocycles. The maximum Gasteiger partial charge on any atom is 0.222 e. The molecule has 3 aromatic heterocycles. The molecule has 0 aliphatic heterocycles. The second kappa shape index (κ2) is 10.3. The molecule has 1 atom stereocenters. The van der Waals surface area contributed by atoms with E-state index in [0.29, 0.717) is 18.3 Å². The van der Waals surface area contributed by atoms with Gasteiger partial charge in [0.2, 0.25) is 5.88 Å². The summed E-state index contributed by atoms with van der Waals surface area (Å²) in [6, 6.07) is 6.18. The Labute approximate surface area is 195 Å². The molecule has 0 bridgehead atoms. The van der Waals surface area contributed by atoms with Crippen molar-refractivity contribution in [1.29, 1.82) is 0 Å². The van der Waals surface area contributed by atoms with Gasteiger partial charge in [-0.2, -0.15) is 0 Å². The Morgan fingerprint density at radius 2 is 1.88 bits per heavy atom. The van der Waals surface area contributed by atoms with Gasteiger partial charge in [0, 0.05) is 24.9 Å². The smallest absolute Gasteiger partial charge is 0.222 e. The number of hydrogen-bond donors (Lipinski definition) is 0. The molecule has 0 amide bonds. The van der Waals surface area contributed by atoms with Gasteiger partial charge in [-0.15, -0.1) is 0 Å². The molecule has 176 valence electrons. The van der Waals surface area contributed by atoms with Gasteiger partial charge in [-0.25, -0.2) is 18.7 Å². The highest BCUT2D eigenvalue weighted by Gasteiger charge is 2.17. The van der Waals surface area contributed by atoms with Crippen LogP contribution in [0, 0.1) is 13.8 Å². The van der Waals surface area contributed by atoms with Crippen LogP contribution in [0.5, 0.6) is 5.88 Å². The van der Waals surface area contributed by atoms with Crippen molar-refractivity contribution in [3.63, 3.8) is 0 Å². The normalized spacial score (nSPS) is 13.8. The maximum absolute atomic E-state index is 13.7. The molecule has 3 heterocycles. The third-order valence-corrected chi connectivity index (χ3v) is 5.62. The Balaban J connectivity index is 1.97. The molecule has 0 fully saturated rings. The molecule has 0 aliphatic rings. The molecule has 0 spiro atoms. The van der Waals surface area contributed by atoms with Crippen LogP contribution in [-0.4, -0.2) is 27.8 Å². The predicted octanol–water partition coefficient (Wildman–Crippen LogP) is 7.39. The van der Waals surface area contributed by atoms with Crippen LogP contribution < -0.4 is 4.74 Å². The summed E-state index contributed by atoms with van der Waals surface area (Å²) < 4.78 is 34.4. The number of fused-ring (bicyclic) bond motifs is 1. The lowest BCUT2D eigenvalue weighted by atomic mass is 10.0. The fraction of sp³-hybridized carbons (Fsp3) is 0.407. The molecule has 3 rings (SSSR count). The van der Waals surface area contributed by atoms with Crippen LogP contribution in [-0.2, 0) is 6.54 Å². The van der Waals surface area contributed by atoms with Crippen molar-refractivity contribution in [2.75, 3.05) is 7.11 Å². The Hall–Kier alpha value is -3.02. The van der Waals surface area contributed by atoms with Gasteiger partial charge in [0.25, 0.3) is 0 Å². The van der Waals surface area contributed by atoms with E-state index in [9.17, 15) is 8.78 Å². The molecule has 6 heteroatoms. The first-order valence-electron chi connectivity index (χ1n) is 11.3. The van der Waals surface area contributed by atoms with Crippen molar-refractivity contribution in [3.8, 4) is 17.1 Å². The fourth-order valence-corrected chi connectivity index (χ4v) is 3.91. The number of aryl methyl sites for hydroxylation is 2. The summed E-state index contributed by atoms with van der Waals surface area (Å²) >= 11 is 0. The highest BCUT2D eigenvalue weighted by Crippen LogP contribution is 2.33. The number of aromatic nitrogens is 3. The summed E-state index contributed by atoms with van der Waals surface area (Å²) in [5.74, 6) is 0.428. The number of halogens is 2. The maximum atomic E-state index is 13.7. The molecule has 0 N–H and O–H groups in total. The quantitative estimate of drug-likeness (QED) is 0.334. The molecule has 0 saturated heterocycles. The molecule has 0 saturated carbocycles. The first-order valence-corrected chi connectivity index (χ1v) is 11.3. The van der Waals surface area contributed by atoms with Gasteiger partial charge >= 0.3 is 0 Å². The van der Waals surface area contributed by atoms with E-state index in [0.717, 1.165) is 50.8 Å². The second-order valence-electron chi connectivity index (χ2n) is 8.95. The van der Waals surface area contributed by atoms with Crippen LogP contribution in [0.2, 0.25) is 0 Å². The average Bonchev–Trinajstić information content (AvgIpc) is 3.04. The lowest BCUT2D eigenvalue weighted by Crippen LogP contribution is -2.01. The van der Waals surface area contributed by atoms with Gasteiger partial charge in [0.15, 0.2) is 0 Å². The first-order chi connectivity index (χ1) is 15.6. The van der Waals surface area contributed by atoms with E-state index in [2.05, 4.69) is 35.7 Å². The number of nitrogens with zero attached hydrogens (tertiary/aromatic N) is 3. The predicted molar refractivity (Wildman–Crippen MR) is 131 cm³/mol. The third kappa shape index (κ3) is 5.67. The number of rotatable bonds is 8. The second-order valence-corrected chi connectivity index (χ2v) is 8.95. The van der Waals surface area contributed by atoms with E-state index in [1.54, 1.807) is 13.2 Å². The topological polar surface area (TPSA) is 39.9 Å². The molecule has 1 unspecified atom stereocenters. The lowest BCUT2D eigenvalue weighted by Gasteiger charge is -2.13. The minimum absolute atomic E-state index is 0.0961. The van der Waals surface area contributed by atoms with Crippen LogP contribution in [0.15, 0.2) is 47.9 Å². The SMILES string of the molecule is COc1nc(C(C)C)ccc1-c1nc2c(C)cn(C/C(C)=C/C/C(F)=C\C(C)F)c2cc1C. The number of hydrogen-bond acceptors (Lipinski definition) is 3. The van der Waals surface area contributed by atoms with Gasteiger partial charge in [-0.05, 0) is 69.0 Å². The van der Waals surface area contributed by atoms with Gasteiger partial charge in [0.1, 0.15) is 12.0 Å². The summed E-state index contributed by atoms with van der Waals surface area (Å²) in [6.07, 6.45) is 3.68. The number of pyridine rings is 2. The summed E-state index contributed by atoms with van der Waals surface area (Å²) in [5.41, 5.74) is 7.70. The van der Waals surface area contributed by atoms with Crippen molar-refractivity contribution in [2.24, 2.45) is 0 Å². The van der Waals surface area contributed by atoms with E-state index in [1.807, 2.05) is 32.9 Å². The number of allylic oxidation sites excluding steroid dienone is 4. The van der Waals surface area contributed by atoms with Crippen LogP contribution in [0.4, 0.5) is 8.78 Å². The van der Waals surface area contributed by atoms with Crippen LogP contribution in [0.25, 0.3) is 22.3 Å². The Kier molecular flexibility index (Phi) is 7.67. The minimum atomic E-state index is -1.28. The standard InChI is InChI=1S/C27H33F2N3O/c1-16(2)23-11-10-22(27(30-23)33-7)25-18(4)12-24-26(31-25)19(5)15-32(24)14-17(3)8-9-21(29)13-20(6)28/h8,10-13,15-16,20H,9,14H2,1-7H3/b17-8+,21-13+. The zero-order valence-electron chi connectivity index (χ0n) is 20.5. The molecular weight excluding hydrogens is 420 g/mol. The lowest BCUT2D eigenvalue weighted by molar-refractivity contribution is 0.397. The van der Waals surface area contributed by atoms with Crippen molar-refractivity contribution < 1.29 is 13.5 Å². The van der Waals surface area contributed by atoms with Gasteiger partial charge in [0.05, 0.1) is 29.4 Å². The number of methoxy groups -OCH3 is 1. The third-order valence-electron chi connectivity index (χ3n) is 5.62. The Bertz CT molecular complexity index is 1210. The van der Waals surface area contributed by atoms with E-state index >= 15 is 0 Å². The highest BCUT2D eigenvalue weighted by molar-refractivity contribution is 5.85. The van der Waals surface area contributed by atoms with Crippen molar-refractivity contribution in [2.45, 2.75) is 66.6 Å². The molecule has 0 aromatic carbocycles. The Morgan fingerprint density at radius 1 is 1.15 bits per heavy atom.